The van der Waals surface area contributed by atoms with Gasteiger partial charge in [-0.05, 0) is 24.3 Å². The highest BCUT2D eigenvalue weighted by Crippen LogP contribution is 2.39. The highest BCUT2D eigenvalue weighted by atomic mass is 19.4. The zero-order valence-corrected chi connectivity index (χ0v) is 18.7. The van der Waals surface area contributed by atoms with Crippen LogP contribution in [0.3, 0.4) is 0 Å². The molecule has 4 rings (SSSR count). The lowest BCUT2D eigenvalue weighted by Gasteiger charge is -2.21. The first kappa shape index (κ1) is 27.0. The number of hydrogen-bond donors (Lipinski definition) is 3. The predicted molar refractivity (Wildman–Crippen MR) is 113 cm³/mol. The molecule has 4 N–H and O–H groups in total. The van der Waals surface area contributed by atoms with Gasteiger partial charge in [0.15, 0.2) is 5.82 Å². The van der Waals surface area contributed by atoms with Gasteiger partial charge in [0, 0.05) is 17.7 Å². The van der Waals surface area contributed by atoms with Crippen LogP contribution in [-0.2, 0) is 11.0 Å². The number of anilines is 1. The molecule has 3 heterocycles. The van der Waals surface area contributed by atoms with E-state index < -0.39 is 83.9 Å². The van der Waals surface area contributed by atoms with E-state index in [1.54, 1.807) is 0 Å². The van der Waals surface area contributed by atoms with Crippen molar-refractivity contribution in [3.8, 4) is 11.3 Å². The second kappa shape index (κ2) is 9.38. The number of likely N-dealkylation sites (tertiary alicyclic amines) is 1. The number of amides is 2. The van der Waals surface area contributed by atoms with E-state index in [4.69, 9.17) is 10.8 Å². The second-order valence-corrected chi connectivity index (χ2v) is 8.36. The van der Waals surface area contributed by atoms with Crippen LogP contribution >= 0.6 is 0 Å². The van der Waals surface area contributed by atoms with Crippen LogP contribution in [0.4, 0.5) is 40.9 Å². The average molecular weight is 552 g/mol. The molecule has 0 spiro atoms. The lowest BCUT2D eigenvalue weighted by atomic mass is 10.1. The Bertz CT molecular complexity index is 1410. The number of aromatic nitrogens is 3. The highest BCUT2D eigenvalue weighted by Gasteiger charge is 2.48. The van der Waals surface area contributed by atoms with Crippen molar-refractivity contribution in [1.82, 2.24) is 24.8 Å². The Hall–Kier alpha value is -4.02. The quantitative estimate of drug-likeness (QED) is 0.427. The zero-order chi connectivity index (χ0) is 28.2. The fraction of sp³-hybridized carbons (Fsp3) is 0.333. The Labute approximate surface area is 206 Å². The van der Waals surface area contributed by atoms with Crippen LogP contribution in [-0.4, -0.2) is 74.0 Å². The van der Waals surface area contributed by atoms with Crippen molar-refractivity contribution in [3.05, 3.63) is 47.5 Å². The number of aliphatic hydroxyl groups is 1. The van der Waals surface area contributed by atoms with Gasteiger partial charge in [-0.2, -0.15) is 31.4 Å². The molecular weight excluding hydrogens is 536 g/mol. The predicted octanol–water partition coefficient (Wildman–Crippen LogP) is 2.34. The zero-order valence-electron chi connectivity index (χ0n) is 18.7. The molecule has 9 nitrogen and oxygen atoms in total. The lowest BCUT2D eigenvalue weighted by Crippen LogP contribution is -2.47. The standard InChI is InChI=1S/C21H16F8N6O3/c22-10-2-8(14-4-11(20(24,25)26)15-17(30)31-7-32-35(14)15)1-9(3-10)18(37)33-13-6-34(5-12(13)23)19(38)16(36)21(27,28)29/h1-4,7,12-13,16,36H,5-6H2,(H,33,37)(H2,30,31,32)/t12-,13+,16?/m0/s1. The van der Waals surface area contributed by atoms with Crippen LogP contribution in [0, 0.1) is 5.82 Å². The molecule has 204 valence electrons. The third-order valence-electron chi connectivity index (χ3n) is 5.76. The van der Waals surface area contributed by atoms with Gasteiger partial charge in [0.2, 0.25) is 6.10 Å². The van der Waals surface area contributed by atoms with Crippen molar-refractivity contribution in [2.45, 2.75) is 30.7 Å². The summed E-state index contributed by atoms with van der Waals surface area (Å²) in [5, 5.41) is 14.9. The number of carbonyl (C=O) groups is 2. The minimum absolute atomic E-state index is 0.243. The van der Waals surface area contributed by atoms with Crippen LogP contribution in [0.15, 0.2) is 30.6 Å². The maximum absolute atomic E-state index is 14.4. The van der Waals surface area contributed by atoms with Crippen LogP contribution < -0.4 is 11.1 Å². The van der Waals surface area contributed by atoms with Crippen molar-refractivity contribution in [3.63, 3.8) is 0 Å². The third-order valence-corrected chi connectivity index (χ3v) is 5.76. The third kappa shape index (κ3) is 5.05. The van der Waals surface area contributed by atoms with Crippen molar-refractivity contribution in [2.24, 2.45) is 0 Å². The maximum atomic E-state index is 14.4. The van der Waals surface area contributed by atoms with E-state index in [2.05, 4.69) is 15.4 Å². The van der Waals surface area contributed by atoms with Gasteiger partial charge in [-0.1, -0.05) is 0 Å². The molecule has 0 radical (unpaired) electrons. The molecule has 38 heavy (non-hydrogen) atoms. The summed E-state index contributed by atoms with van der Waals surface area (Å²) in [6.45, 7) is -1.58. The molecule has 2 amide bonds. The minimum Gasteiger partial charge on any atom is -0.382 e. The van der Waals surface area contributed by atoms with Crippen LogP contribution in [0.25, 0.3) is 16.8 Å². The Morgan fingerprint density at radius 3 is 2.42 bits per heavy atom. The fourth-order valence-corrected chi connectivity index (χ4v) is 4.00. The van der Waals surface area contributed by atoms with E-state index >= 15 is 0 Å². The van der Waals surface area contributed by atoms with Crippen LogP contribution in [0.2, 0.25) is 0 Å². The molecule has 2 aromatic heterocycles. The van der Waals surface area contributed by atoms with E-state index in [1.165, 1.54) is 0 Å². The van der Waals surface area contributed by atoms with E-state index in [1.807, 2.05) is 0 Å². The number of aliphatic hydroxyl groups excluding tert-OH is 1. The number of nitrogens with zero attached hydrogens (tertiary/aromatic N) is 4. The number of carbonyl (C=O) groups excluding carboxylic acids is 2. The Kier molecular flexibility index (Phi) is 6.67. The van der Waals surface area contributed by atoms with Crippen LogP contribution in [0.5, 0.6) is 0 Å². The Morgan fingerprint density at radius 2 is 1.79 bits per heavy atom. The smallest absolute Gasteiger partial charge is 0.382 e. The van der Waals surface area contributed by atoms with Crippen LogP contribution in [0.1, 0.15) is 15.9 Å². The number of alkyl halides is 7. The van der Waals surface area contributed by atoms with Gasteiger partial charge in [0.1, 0.15) is 23.8 Å². The molecule has 0 saturated carbocycles. The second-order valence-electron chi connectivity index (χ2n) is 8.36. The maximum Gasteiger partial charge on any atom is 0.423 e. The van der Waals surface area contributed by atoms with E-state index in [-0.39, 0.29) is 11.3 Å². The van der Waals surface area contributed by atoms with Gasteiger partial charge < -0.3 is 21.1 Å². The molecule has 3 aromatic rings. The number of fused-ring (bicyclic) bond motifs is 1. The molecule has 1 fully saturated rings. The summed E-state index contributed by atoms with van der Waals surface area (Å²) in [7, 11) is 0. The molecule has 1 aromatic carbocycles. The number of hydrogen-bond acceptors (Lipinski definition) is 6. The Morgan fingerprint density at radius 1 is 1.11 bits per heavy atom. The van der Waals surface area contributed by atoms with Crippen molar-refractivity contribution in [1.29, 1.82) is 0 Å². The Balaban J connectivity index is 1.62. The number of rotatable bonds is 4. The first-order valence-electron chi connectivity index (χ1n) is 10.6. The molecule has 1 saturated heterocycles. The van der Waals surface area contributed by atoms with Crippen molar-refractivity contribution >= 4 is 23.1 Å². The largest absolute Gasteiger partial charge is 0.423 e. The lowest BCUT2D eigenvalue weighted by molar-refractivity contribution is -0.210. The van der Waals surface area contributed by atoms with Gasteiger partial charge >= 0.3 is 12.4 Å². The van der Waals surface area contributed by atoms with Gasteiger partial charge in [0.25, 0.3) is 11.8 Å². The number of nitrogen functional groups attached to an aromatic ring is 1. The first-order valence-corrected chi connectivity index (χ1v) is 10.6. The number of nitrogens with one attached hydrogen (secondary N) is 1. The molecule has 1 aliphatic rings. The SMILES string of the molecule is Nc1ncnn2c(-c3cc(F)cc(C(=O)N[C@@H]4CN(C(=O)C(O)C(F)(F)F)C[C@@H]4F)c3)cc(C(F)(F)F)c12. The molecule has 3 atom stereocenters. The summed E-state index contributed by atoms with van der Waals surface area (Å²) in [4.78, 5) is 28.4. The monoisotopic (exact) mass is 552 g/mol. The molecule has 0 aliphatic carbocycles. The normalized spacial score (nSPS) is 19.1. The van der Waals surface area contributed by atoms with Gasteiger partial charge in [-0.25, -0.2) is 18.3 Å². The fourth-order valence-electron chi connectivity index (χ4n) is 4.00. The summed E-state index contributed by atoms with van der Waals surface area (Å²) < 4.78 is 108. The topological polar surface area (TPSA) is 126 Å². The first-order chi connectivity index (χ1) is 17.6. The van der Waals surface area contributed by atoms with Crippen molar-refractivity contribution in [2.75, 3.05) is 18.8 Å². The minimum atomic E-state index is -5.28. The number of benzene rings is 1. The molecule has 0 bridgehead atoms. The summed E-state index contributed by atoms with van der Waals surface area (Å²) in [6, 6.07) is 1.60. The van der Waals surface area contributed by atoms with E-state index in [0.29, 0.717) is 17.0 Å². The van der Waals surface area contributed by atoms with Gasteiger partial charge in [-0.3, -0.25) is 9.59 Å². The molecular formula is C21H16F8N6O3. The summed E-state index contributed by atoms with van der Waals surface area (Å²) >= 11 is 0. The van der Waals surface area contributed by atoms with Crippen molar-refractivity contribution < 1.29 is 49.8 Å². The van der Waals surface area contributed by atoms with E-state index in [0.717, 1.165) is 23.0 Å². The van der Waals surface area contributed by atoms with Gasteiger partial charge in [-0.15, -0.1) is 0 Å². The molecule has 1 aliphatic heterocycles. The summed E-state index contributed by atoms with van der Waals surface area (Å²) in [6.07, 6.45) is -14.7. The number of nitrogens with two attached hydrogens (primary N) is 1. The molecule has 1 unspecified atom stereocenters. The molecule has 17 heteroatoms. The van der Waals surface area contributed by atoms with E-state index in [9.17, 15) is 44.7 Å². The number of halogens is 8. The summed E-state index contributed by atoms with van der Waals surface area (Å²) in [5.74, 6) is -4.52. The van der Waals surface area contributed by atoms with Gasteiger partial charge in [0.05, 0.1) is 23.8 Å². The average Bonchev–Trinajstić information content (AvgIpc) is 3.39. The highest BCUT2D eigenvalue weighted by molar-refractivity contribution is 5.96. The summed E-state index contributed by atoms with van der Waals surface area (Å²) in [5.41, 5.74) is 2.72.